The van der Waals surface area contributed by atoms with E-state index in [2.05, 4.69) is 15.3 Å². The second-order valence-corrected chi connectivity index (χ2v) is 5.11. The molecule has 0 aliphatic heterocycles. The van der Waals surface area contributed by atoms with Gasteiger partial charge in [-0.3, -0.25) is 4.79 Å². The van der Waals surface area contributed by atoms with E-state index in [1.807, 2.05) is 21.0 Å². The normalized spacial score (nSPS) is 10.2. The highest BCUT2D eigenvalue weighted by atomic mass is 35.5. The van der Waals surface area contributed by atoms with Crippen LogP contribution >= 0.6 is 11.6 Å². The molecule has 0 unspecified atom stereocenters. The first-order valence-electron chi connectivity index (χ1n) is 6.75. The summed E-state index contributed by atoms with van der Waals surface area (Å²) >= 11 is 5.82. The predicted octanol–water partition coefficient (Wildman–Crippen LogP) is 2.85. The highest BCUT2D eigenvalue weighted by molar-refractivity contribution is 6.30. The van der Waals surface area contributed by atoms with Crippen LogP contribution in [0.4, 0.5) is 11.5 Å². The Labute approximate surface area is 134 Å². The molecule has 7 heteroatoms. The first kappa shape index (κ1) is 16.0. The van der Waals surface area contributed by atoms with Crippen molar-refractivity contribution in [2.24, 2.45) is 0 Å². The Balaban J connectivity index is 2.24. The topological polar surface area (TPSA) is 67.3 Å². The van der Waals surface area contributed by atoms with Crippen LogP contribution in [0.3, 0.4) is 0 Å². The number of anilines is 2. The number of ether oxygens (including phenoxy) is 1. The lowest BCUT2D eigenvalue weighted by Gasteiger charge is -2.17. The summed E-state index contributed by atoms with van der Waals surface area (Å²) in [4.78, 5) is 22.4. The maximum Gasteiger partial charge on any atom is 0.318 e. The monoisotopic (exact) mass is 320 g/mol. The van der Waals surface area contributed by atoms with Crippen LogP contribution in [0.5, 0.6) is 6.01 Å². The van der Waals surface area contributed by atoms with E-state index in [0.717, 1.165) is 0 Å². The van der Waals surface area contributed by atoms with E-state index in [-0.39, 0.29) is 11.9 Å². The van der Waals surface area contributed by atoms with Crippen molar-refractivity contribution in [2.75, 3.05) is 30.9 Å². The van der Waals surface area contributed by atoms with Gasteiger partial charge in [0.1, 0.15) is 5.69 Å². The second kappa shape index (κ2) is 7.09. The molecule has 0 saturated carbocycles. The molecular weight excluding hydrogens is 304 g/mol. The molecule has 0 aliphatic carbocycles. The number of amides is 1. The Morgan fingerprint density at radius 3 is 2.59 bits per heavy atom. The van der Waals surface area contributed by atoms with Gasteiger partial charge >= 0.3 is 6.01 Å². The Morgan fingerprint density at radius 1 is 1.32 bits per heavy atom. The zero-order valence-electron chi connectivity index (χ0n) is 12.6. The SMILES string of the molecule is CCOc1ncc(NC(=O)c2ccc(Cl)cc2)c(N(C)C)n1. The van der Waals surface area contributed by atoms with Crippen molar-refractivity contribution < 1.29 is 9.53 Å². The third-order valence-electron chi connectivity index (χ3n) is 2.80. The summed E-state index contributed by atoms with van der Waals surface area (Å²) in [7, 11) is 3.66. The zero-order valence-corrected chi connectivity index (χ0v) is 13.4. The number of carbonyl (C=O) groups is 1. The molecule has 1 aromatic carbocycles. The molecule has 2 aromatic rings. The van der Waals surface area contributed by atoms with Crippen LogP contribution in [0.1, 0.15) is 17.3 Å². The molecule has 0 saturated heterocycles. The van der Waals surface area contributed by atoms with Gasteiger partial charge in [0.15, 0.2) is 5.82 Å². The summed E-state index contributed by atoms with van der Waals surface area (Å²) in [5, 5.41) is 3.37. The van der Waals surface area contributed by atoms with Crippen molar-refractivity contribution in [1.82, 2.24) is 9.97 Å². The summed E-state index contributed by atoms with van der Waals surface area (Å²) in [5.41, 5.74) is 1.01. The van der Waals surface area contributed by atoms with Gasteiger partial charge in [0.2, 0.25) is 0 Å². The van der Waals surface area contributed by atoms with Crippen molar-refractivity contribution in [3.8, 4) is 6.01 Å². The fourth-order valence-corrected chi connectivity index (χ4v) is 1.91. The Morgan fingerprint density at radius 2 is 2.00 bits per heavy atom. The van der Waals surface area contributed by atoms with Crippen LogP contribution in [-0.2, 0) is 0 Å². The van der Waals surface area contributed by atoms with Gasteiger partial charge in [0.25, 0.3) is 5.91 Å². The second-order valence-electron chi connectivity index (χ2n) is 4.68. The van der Waals surface area contributed by atoms with E-state index in [1.165, 1.54) is 6.20 Å². The van der Waals surface area contributed by atoms with Gasteiger partial charge in [-0.15, -0.1) is 0 Å². The first-order chi connectivity index (χ1) is 10.5. The average molecular weight is 321 g/mol. The van der Waals surface area contributed by atoms with Crippen molar-refractivity contribution in [3.05, 3.63) is 41.0 Å². The molecule has 0 fully saturated rings. The van der Waals surface area contributed by atoms with Gasteiger partial charge in [-0.05, 0) is 31.2 Å². The molecule has 1 amide bonds. The van der Waals surface area contributed by atoms with Crippen molar-refractivity contribution in [1.29, 1.82) is 0 Å². The van der Waals surface area contributed by atoms with Crippen LogP contribution in [0, 0.1) is 0 Å². The molecule has 6 nitrogen and oxygen atoms in total. The first-order valence-corrected chi connectivity index (χ1v) is 7.13. The lowest BCUT2D eigenvalue weighted by molar-refractivity contribution is 0.102. The average Bonchev–Trinajstić information content (AvgIpc) is 2.49. The van der Waals surface area contributed by atoms with E-state index in [0.29, 0.717) is 28.7 Å². The Bertz CT molecular complexity index is 659. The van der Waals surface area contributed by atoms with Gasteiger partial charge in [0.05, 0.1) is 12.8 Å². The number of aromatic nitrogens is 2. The van der Waals surface area contributed by atoms with Gasteiger partial charge < -0.3 is 15.0 Å². The van der Waals surface area contributed by atoms with Crippen molar-refractivity contribution in [3.63, 3.8) is 0 Å². The number of hydrogen-bond acceptors (Lipinski definition) is 5. The highest BCUT2D eigenvalue weighted by Crippen LogP contribution is 2.23. The summed E-state index contributed by atoms with van der Waals surface area (Å²) in [6.07, 6.45) is 1.53. The minimum atomic E-state index is -0.257. The molecule has 1 aromatic heterocycles. The standard InChI is InChI=1S/C15H17ClN4O2/c1-4-22-15-17-9-12(13(19-15)20(2)3)18-14(21)10-5-7-11(16)8-6-10/h5-9H,4H2,1-3H3,(H,18,21). The van der Waals surface area contributed by atoms with Crippen molar-refractivity contribution >= 4 is 29.0 Å². The number of halogens is 1. The van der Waals surface area contributed by atoms with Crippen molar-refractivity contribution in [2.45, 2.75) is 6.92 Å². The molecule has 0 spiro atoms. The summed E-state index contributed by atoms with van der Waals surface area (Å²) < 4.78 is 5.28. The molecular formula is C15H17ClN4O2. The number of nitrogens with one attached hydrogen (secondary N) is 1. The lowest BCUT2D eigenvalue weighted by atomic mass is 10.2. The Hall–Kier alpha value is -2.34. The molecule has 1 heterocycles. The maximum absolute atomic E-state index is 12.3. The minimum Gasteiger partial charge on any atom is -0.464 e. The van der Waals surface area contributed by atoms with E-state index in [9.17, 15) is 4.79 Å². The number of rotatable bonds is 5. The zero-order chi connectivity index (χ0) is 16.1. The van der Waals surface area contributed by atoms with Gasteiger partial charge in [-0.25, -0.2) is 4.98 Å². The van der Waals surface area contributed by atoms with Crippen LogP contribution in [0.2, 0.25) is 5.02 Å². The van der Waals surface area contributed by atoms with E-state index < -0.39 is 0 Å². The van der Waals surface area contributed by atoms with E-state index >= 15 is 0 Å². The summed E-state index contributed by atoms with van der Waals surface area (Å²) in [5.74, 6) is 0.313. The minimum absolute atomic E-state index is 0.257. The lowest BCUT2D eigenvalue weighted by Crippen LogP contribution is -2.18. The number of hydrogen-bond donors (Lipinski definition) is 1. The van der Waals surface area contributed by atoms with Gasteiger partial charge in [-0.1, -0.05) is 11.6 Å². The molecule has 116 valence electrons. The largest absolute Gasteiger partial charge is 0.464 e. The molecule has 0 atom stereocenters. The number of nitrogens with zero attached hydrogens (tertiary/aromatic N) is 3. The molecule has 2 rings (SSSR count). The fourth-order valence-electron chi connectivity index (χ4n) is 1.78. The Kier molecular flexibility index (Phi) is 5.16. The summed E-state index contributed by atoms with van der Waals surface area (Å²) in [6.45, 7) is 2.33. The third kappa shape index (κ3) is 3.85. The van der Waals surface area contributed by atoms with Gasteiger partial charge in [0, 0.05) is 24.7 Å². The molecule has 0 bridgehead atoms. The van der Waals surface area contributed by atoms with Crippen LogP contribution < -0.4 is 15.0 Å². The maximum atomic E-state index is 12.3. The molecule has 0 aliphatic rings. The van der Waals surface area contributed by atoms with E-state index in [1.54, 1.807) is 29.2 Å². The number of benzene rings is 1. The molecule has 1 N–H and O–H groups in total. The summed E-state index contributed by atoms with van der Waals surface area (Å²) in [6, 6.07) is 6.91. The number of carbonyl (C=O) groups excluding carboxylic acids is 1. The van der Waals surface area contributed by atoms with E-state index in [4.69, 9.17) is 16.3 Å². The smallest absolute Gasteiger partial charge is 0.318 e. The fraction of sp³-hybridized carbons (Fsp3) is 0.267. The van der Waals surface area contributed by atoms with Crippen LogP contribution in [-0.4, -0.2) is 36.6 Å². The van der Waals surface area contributed by atoms with Gasteiger partial charge in [-0.2, -0.15) is 4.98 Å². The third-order valence-corrected chi connectivity index (χ3v) is 3.05. The molecule has 0 radical (unpaired) electrons. The van der Waals surface area contributed by atoms with Crippen LogP contribution in [0.25, 0.3) is 0 Å². The predicted molar refractivity (Wildman–Crippen MR) is 86.9 cm³/mol. The van der Waals surface area contributed by atoms with Crippen LogP contribution in [0.15, 0.2) is 30.5 Å². The highest BCUT2D eigenvalue weighted by Gasteiger charge is 2.14. The molecule has 22 heavy (non-hydrogen) atoms. The quantitative estimate of drug-likeness (QED) is 0.917.